The van der Waals surface area contributed by atoms with Crippen molar-refractivity contribution in [2.24, 2.45) is 0 Å². The fourth-order valence-corrected chi connectivity index (χ4v) is 3.10. The number of carbonyl (C=O) groups is 2. The summed E-state index contributed by atoms with van der Waals surface area (Å²) in [5.74, 6) is 0.720. The molecular weight excluding hydrogens is 326 g/mol. The number of methoxy groups -OCH3 is 2. The Hall–Kier alpha value is -1.66. The summed E-state index contributed by atoms with van der Waals surface area (Å²) in [6.07, 6.45) is 2.33. The highest BCUT2D eigenvalue weighted by molar-refractivity contribution is 8.18. The van der Waals surface area contributed by atoms with Crippen molar-refractivity contribution in [2.75, 3.05) is 20.8 Å². The molecule has 0 unspecified atom stereocenters. The molecule has 2 rings (SSSR count). The van der Waals surface area contributed by atoms with Gasteiger partial charge < -0.3 is 9.47 Å². The molecule has 2 amide bonds. The molecule has 0 radical (unpaired) electrons. The van der Waals surface area contributed by atoms with Gasteiger partial charge in [0, 0.05) is 12.6 Å². The zero-order chi connectivity index (χ0) is 16.3. The lowest BCUT2D eigenvalue weighted by Crippen LogP contribution is -2.28. The van der Waals surface area contributed by atoms with E-state index in [1.54, 1.807) is 18.2 Å². The monoisotopic (exact) mass is 341 g/mol. The molecule has 1 fully saturated rings. The molecule has 0 aliphatic carbocycles. The quantitative estimate of drug-likeness (QED) is 0.762. The summed E-state index contributed by atoms with van der Waals surface area (Å²) in [7, 11) is 3.04. The van der Waals surface area contributed by atoms with Crippen LogP contribution in [0.2, 0.25) is 5.02 Å². The van der Waals surface area contributed by atoms with Gasteiger partial charge in [0.05, 0.1) is 24.1 Å². The first-order valence-corrected chi connectivity index (χ1v) is 7.88. The molecule has 0 N–H and O–H groups in total. The van der Waals surface area contributed by atoms with E-state index in [1.807, 2.05) is 6.92 Å². The second-order valence-electron chi connectivity index (χ2n) is 4.56. The molecule has 0 atom stereocenters. The second kappa shape index (κ2) is 7.07. The van der Waals surface area contributed by atoms with Gasteiger partial charge in [-0.15, -0.1) is 0 Å². The molecule has 0 bridgehead atoms. The van der Waals surface area contributed by atoms with Gasteiger partial charge >= 0.3 is 0 Å². The summed E-state index contributed by atoms with van der Waals surface area (Å²) >= 11 is 7.11. The zero-order valence-electron chi connectivity index (χ0n) is 12.5. The van der Waals surface area contributed by atoms with Gasteiger partial charge in [0.15, 0.2) is 11.5 Å². The maximum absolute atomic E-state index is 12.2. The number of benzene rings is 1. The Kier molecular flexibility index (Phi) is 5.37. The van der Waals surface area contributed by atoms with E-state index < -0.39 is 0 Å². The normalized spacial score (nSPS) is 16.5. The Morgan fingerprint density at radius 1 is 1.23 bits per heavy atom. The number of halogens is 1. The zero-order valence-corrected chi connectivity index (χ0v) is 14.1. The van der Waals surface area contributed by atoms with E-state index in [9.17, 15) is 9.59 Å². The largest absolute Gasteiger partial charge is 0.493 e. The lowest BCUT2D eigenvalue weighted by atomic mass is 10.1. The van der Waals surface area contributed by atoms with Gasteiger partial charge in [-0.05, 0) is 35.9 Å². The number of thioether (sulfide) groups is 1. The van der Waals surface area contributed by atoms with E-state index in [2.05, 4.69) is 0 Å². The van der Waals surface area contributed by atoms with Crippen molar-refractivity contribution in [3.63, 3.8) is 0 Å². The minimum absolute atomic E-state index is 0.255. The van der Waals surface area contributed by atoms with Crippen LogP contribution in [0.1, 0.15) is 18.9 Å². The van der Waals surface area contributed by atoms with E-state index in [0.717, 1.165) is 18.2 Å². The number of nitrogens with zero attached hydrogens (tertiary/aromatic N) is 1. The predicted molar refractivity (Wildman–Crippen MR) is 87.5 cm³/mol. The third-order valence-electron chi connectivity index (χ3n) is 3.11. The molecule has 22 heavy (non-hydrogen) atoms. The average molecular weight is 342 g/mol. The molecule has 0 aromatic heterocycles. The Balaban J connectivity index is 2.37. The van der Waals surface area contributed by atoms with Crippen LogP contribution in [0, 0.1) is 0 Å². The van der Waals surface area contributed by atoms with Crippen molar-refractivity contribution in [1.82, 2.24) is 4.90 Å². The van der Waals surface area contributed by atoms with Crippen LogP contribution in [0.15, 0.2) is 17.0 Å². The van der Waals surface area contributed by atoms with Crippen LogP contribution in [0.5, 0.6) is 11.5 Å². The standard InChI is InChI=1S/C15H16ClNO4S/c1-4-5-17-14(18)13(22-15(17)19)7-9-6-11(20-2)12(21-3)8-10(9)16/h6-8H,4-5H2,1-3H3/b13-7+. The lowest BCUT2D eigenvalue weighted by Gasteiger charge is -2.10. The van der Waals surface area contributed by atoms with E-state index >= 15 is 0 Å². The third-order valence-corrected chi connectivity index (χ3v) is 4.34. The van der Waals surface area contributed by atoms with Crippen molar-refractivity contribution in [1.29, 1.82) is 0 Å². The molecule has 1 aliphatic rings. The van der Waals surface area contributed by atoms with Gasteiger partial charge in [0.2, 0.25) is 0 Å². The van der Waals surface area contributed by atoms with Crippen molar-refractivity contribution in [3.8, 4) is 11.5 Å². The maximum Gasteiger partial charge on any atom is 0.293 e. The highest BCUT2D eigenvalue weighted by Gasteiger charge is 2.34. The van der Waals surface area contributed by atoms with Crippen molar-refractivity contribution in [2.45, 2.75) is 13.3 Å². The number of hydrogen-bond donors (Lipinski definition) is 0. The molecule has 1 heterocycles. The van der Waals surface area contributed by atoms with Crippen molar-refractivity contribution in [3.05, 3.63) is 27.6 Å². The van der Waals surface area contributed by atoms with Gasteiger partial charge in [-0.2, -0.15) is 0 Å². The molecular formula is C15H16ClNO4S. The molecule has 5 nitrogen and oxygen atoms in total. The Morgan fingerprint density at radius 2 is 1.86 bits per heavy atom. The highest BCUT2D eigenvalue weighted by Crippen LogP contribution is 2.37. The molecule has 1 aromatic rings. The Morgan fingerprint density at radius 3 is 2.45 bits per heavy atom. The van der Waals surface area contributed by atoms with E-state index in [0.29, 0.717) is 33.5 Å². The van der Waals surface area contributed by atoms with Crippen LogP contribution in [0.25, 0.3) is 6.08 Å². The third kappa shape index (κ3) is 3.23. The molecule has 0 spiro atoms. The van der Waals surface area contributed by atoms with Crippen LogP contribution in [-0.2, 0) is 4.79 Å². The molecule has 0 saturated carbocycles. The maximum atomic E-state index is 12.2. The minimum atomic E-state index is -0.289. The fourth-order valence-electron chi connectivity index (χ4n) is 2.04. The average Bonchev–Trinajstić information content (AvgIpc) is 2.76. The minimum Gasteiger partial charge on any atom is -0.493 e. The van der Waals surface area contributed by atoms with Gasteiger partial charge in [0.25, 0.3) is 11.1 Å². The second-order valence-corrected chi connectivity index (χ2v) is 5.96. The lowest BCUT2D eigenvalue weighted by molar-refractivity contribution is -0.122. The predicted octanol–water partition coefficient (Wildman–Crippen LogP) is 3.80. The van der Waals surface area contributed by atoms with Crippen molar-refractivity contribution < 1.29 is 19.1 Å². The molecule has 1 aliphatic heterocycles. The van der Waals surface area contributed by atoms with Crippen LogP contribution in [0.3, 0.4) is 0 Å². The molecule has 118 valence electrons. The summed E-state index contributed by atoms with van der Waals surface area (Å²) in [4.78, 5) is 25.6. The summed E-state index contributed by atoms with van der Waals surface area (Å²) in [5.41, 5.74) is 0.598. The summed E-state index contributed by atoms with van der Waals surface area (Å²) < 4.78 is 10.4. The molecule has 7 heteroatoms. The Bertz CT molecular complexity index is 645. The SMILES string of the molecule is CCCN1C(=O)S/C(=C/c2cc(OC)c(OC)cc2Cl)C1=O. The number of hydrogen-bond acceptors (Lipinski definition) is 5. The number of carbonyl (C=O) groups excluding carboxylic acids is 2. The number of amides is 2. The van der Waals surface area contributed by atoms with Gasteiger partial charge in [-0.3, -0.25) is 14.5 Å². The molecule has 1 aromatic carbocycles. The fraction of sp³-hybridized carbons (Fsp3) is 0.333. The van der Waals surface area contributed by atoms with Crippen LogP contribution in [-0.4, -0.2) is 36.8 Å². The van der Waals surface area contributed by atoms with E-state index in [1.165, 1.54) is 19.1 Å². The summed E-state index contributed by atoms with van der Waals surface area (Å²) in [5, 5.41) is 0.162. The summed E-state index contributed by atoms with van der Waals surface area (Å²) in [6.45, 7) is 2.33. The van der Waals surface area contributed by atoms with Gasteiger partial charge in [0.1, 0.15) is 0 Å². The van der Waals surface area contributed by atoms with Crippen molar-refractivity contribution >= 4 is 40.6 Å². The number of imide groups is 1. The first-order valence-electron chi connectivity index (χ1n) is 6.68. The van der Waals surface area contributed by atoms with E-state index in [-0.39, 0.29) is 11.1 Å². The van der Waals surface area contributed by atoms with E-state index in [4.69, 9.17) is 21.1 Å². The topological polar surface area (TPSA) is 55.8 Å². The number of ether oxygens (including phenoxy) is 2. The Labute approximate surface area is 138 Å². The highest BCUT2D eigenvalue weighted by atomic mass is 35.5. The van der Waals surface area contributed by atoms with Crippen LogP contribution < -0.4 is 9.47 Å². The summed E-state index contributed by atoms with van der Waals surface area (Å²) in [6, 6.07) is 3.29. The first kappa shape index (κ1) is 16.7. The van der Waals surface area contributed by atoms with Crippen LogP contribution in [0.4, 0.5) is 4.79 Å². The van der Waals surface area contributed by atoms with Crippen LogP contribution >= 0.6 is 23.4 Å². The number of rotatable bonds is 5. The smallest absolute Gasteiger partial charge is 0.293 e. The first-order chi connectivity index (χ1) is 10.5. The van der Waals surface area contributed by atoms with Gasteiger partial charge in [-0.25, -0.2) is 0 Å². The van der Waals surface area contributed by atoms with Gasteiger partial charge in [-0.1, -0.05) is 18.5 Å². The molecule has 1 saturated heterocycles.